The number of carbonyl (C=O) groups excluding carboxylic acids is 1. The Kier molecular flexibility index (Phi) is 3.83. The maximum atomic E-state index is 12.3. The second kappa shape index (κ2) is 6.37. The van der Waals surface area contributed by atoms with Crippen molar-refractivity contribution in [3.8, 4) is 11.1 Å². The predicted octanol–water partition coefficient (Wildman–Crippen LogP) is 1.83. The first-order valence-electron chi connectivity index (χ1n) is 9.50. The molecule has 2 aliphatic rings. The van der Waals surface area contributed by atoms with Gasteiger partial charge < -0.3 is 14.6 Å². The number of nitrogens with zero attached hydrogens (tertiary/aromatic N) is 7. The fourth-order valence-electron chi connectivity index (χ4n) is 4.65. The monoisotopic (exact) mass is 375 g/mol. The highest BCUT2D eigenvalue weighted by atomic mass is 16.2. The highest BCUT2D eigenvalue weighted by Gasteiger charge is 2.43. The van der Waals surface area contributed by atoms with Crippen LogP contribution in [0.1, 0.15) is 12.8 Å². The van der Waals surface area contributed by atoms with E-state index in [0.717, 1.165) is 48.3 Å². The second-order valence-corrected chi connectivity index (χ2v) is 7.58. The van der Waals surface area contributed by atoms with E-state index in [4.69, 9.17) is 6.57 Å². The molecule has 28 heavy (non-hydrogen) atoms. The Hall–Kier alpha value is -3.34. The molecule has 2 unspecified atom stereocenters. The van der Waals surface area contributed by atoms with E-state index in [0.29, 0.717) is 0 Å². The van der Waals surface area contributed by atoms with Gasteiger partial charge in [-0.3, -0.25) is 9.48 Å². The van der Waals surface area contributed by atoms with Crippen molar-refractivity contribution in [1.29, 1.82) is 0 Å². The number of carbonyl (C=O) groups is 1. The molecule has 2 atom stereocenters. The van der Waals surface area contributed by atoms with Crippen molar-refractivity contribution < 1.29 is 4.79 Å². The molecule has 0 N–H and O–H groups in total. The Morgan fingerprint density at radius 2 is 2.00 bits per heavy atom. The molecule has 5 heterocycles. The SMILES string of the molecule is [C-]#[N+]CC(=O)N1C2CCC1CN(c1ccnn3cc(-c4cnn(C)c4)cc13)C2. The lowest BCUT2D eigenvalue weighted by molar-refractivity contribution is -0.132. The first kappa shape index (κ1) is 16.8. The van der Waals surface area contributed by atoms with Crippen LogP contribution in [0.25, 0.3) is 21.5 Å². The lowest BCUT2D eigenvalue weighted by Crippen LogP contribution is -2.56. The van der Waals surface area contributed by atoms with Gasteiger partial charge in [-0.2, -0.15) is 10.2 Å². The van der Waals surface area contributed by atoms with Gasteiger partial charge >= 0.3 is 5.91 Å². The summed E-state index contributed by atoms with van der Waals surface area (Å²) >= 11 is 0. The van der Waals surface area contributed by atoms with Gasteiger partial charge in [0, 0.05) is 61.9 Å². The fourth-order valence-corrected chi connectivity index (χ4v) is 4.65. The van der Waals surface area contributed by atoms with Crippen LogP contribution >= 0.6 is 0 Å². The largest absolute Gasteiger partial charge is 0.366 e. The van der Waals surface area contributed by atoms with Crippen LogP contribution in [0, 0.1) is 6.57 Å². The molecule has 0 aliphatic carbocycles. The molecule has 2 bridgehead atoms. The number of hydrogen-bond acceptors (Lipinski definition) is 4. The summed E-state index contributed by atoms with van der Waals surface area (Å²) in [4.78, 5) is 20.0. The molecule has 0 radical (unpaired) electrons. The van der Waals surface area contributed by atoms with Crippen molar-refractivity contribution in [3.63, 3.8) is 0 Å². The summed E-state index contributed by atoms with van der Waals surface area (Å²) in [6.07, 6.45) is 9.73. The first-order chi connectivity index (χ1) is 13.6. The molecule has 2 fully saturated rings. The standard InChI is InChI=1S/C20H21N7O/c1-21-9-20(28)27-16-3-4-17(27)13-25(12-16)18-5-6-22-26-11-14(7-19(18)26)15-8-23-24(2)10-15/h5-8,10-11,16-17H,3-4,9,12-13H2,2H3. The summed E-state index contributed by atoms with van der Waals surface area (Å²) in [5.41, 5.74) is 4.34. The van der Waals surface area contributed by atoms with E-state index in [1.54, 1.807) is 4.68 Å². The maximum absolute atomic E-state index is 12.3. The molecule has 1 amide bonds. The minimum absolute atomic E-state index is 0.0245. The van der Waals surface area contributed by atoms with Gasteiger partial charge in [0.1, 0.15) is 0 Å². The minimum Gasteiger partial charge on any atom is -0.366 e. The van der Waals surface area contributed by atoms with Crippen molar-refractivity contribution in [2.45, 2.75) is 24.9 Å². The summed E-state index contributed by atoms with van der Waals surface area (Å²) in [6.45, 7) is 8.55. The minimum atomic E-state index is -0.0420. The van der Waals surface area contributed by atoms with Gasteiger partial charge in [0.15, 0.2) is 0 Å². The smallest absolute Gasteiger partial charge is 0.303 e. The van der Waals surface area contributed by atoms with Crippen molar-refractivity contribution in [2.75, 3.05) is 24.5 Å². The molecular formula is C20H21N7O. The average Bonchev–Trinajstić information content (AvgIpc) is 3.37. The Bertz CT molecular complexity index is 1080. The number of aryl methyl sites for hydroxylation is 1. The molecule has 2 saturated heterocycles. The van der Waals surface area contributed by atoms with Gasteiger partial charge in [0.25, 0.3) is 6.54 Å². The highest BCUT2D eigenvalue weighted by molar-refractivity contribution is 5.82. The number of aromatic nitrogens is 4. The van der Waals surface area contributed by atoms with Crippen molar-refractivity contribution in [3.05, 3.63) is 48.3 Å². The van der Waals surface area contributed by atoms with Crippen LogP contribution in [0.4, 0.5) is 5.69 Å². The quantitative estimate of drug-likeness (QED) is 0.656. The van der Waals surface area contributed by atoms with Crippen LogP contribution in [0.5, 0.6) is 0 Å². The summed E-state index contributed by atoms with van der Waals surface area (Å²) in [5, 5.41) is 8.74. The van der Waals surface area contributed by atoms with E-state index in [2.05, 4.69) is 32.1 Å². The molecule has 0 saturated carbocycles. The number of hydrogen-bond donors (Lipinski definition) is 0. The van der Waals surface area contributed by atoms with E-state index in [9.17, 15) is 4.79 Å². The van der Waals surface area contributed by atoms with Gasteiger partial charge in [0.05, 0.1) is 17.4 Å². The topological polar surface area (TPSA) is 63.0 Å². The zero-order valence-corrected chi connectivity index (χ0v) is 15.7. The zero-order chi connectivity index (χ0) is 19.3. The molecule has 3 aromatic rings. The van der Waals surface area contributed by atoms with Gasteiger partial charge in [-0.25, -0.2) is 11.1 Å². The third-order valence-corrected chi connectivity index (χ3v) is 5.85. The van der Waals surface area contributed by atoms with Crippen LogP contribution in [0.15, 0.2) is 36.9 Å². The van der Waals surface area contributed by atoms with E-state index in [-0.39, 0.29) is 24.5 Å². The maximum Gasteiger partial charge on any atom is 0.303 e. The van der Waals surface area contributed by atoms with Crippen LogP contribution < -0.4 is 4.90 Å². The second-order valence-electron chi connectivity index (χ2n) is 7.58. The van der Waals surface area contributed by atoms with Crippen LogP contribution in [-0.2, 0) is 11.8 Å². The van der Waals surface area contributed by atoms with E-state index in [1.807, 2.05) is 41.3 Å². The molecule has 0 aromatic carbocycles. The number of fused-ring (bicyclic) bond motifs is 3. The molecule has 142 valence electrons. The van der Waals surface area contributed by atoms with Gasteiger partial charge in [-0.15, -0.1) is 0 Å². The third kappa shape index (κ3) is 2.62. The predicted molar refractivity (Wildman–Crippen MR) is 105 cm³/mol. The number of rotatable bonds is 3. The van der Waals surface area contributed by atoms with Crippen molar-refractivity contribution in [1.82, 2.24) is 24.3 Å². The molecule has 8 nitrogen and oxygen atoms in total. The summed E-state index contributed by atoms with van der Waals surface area (Å²) in [6, 6.07) is 4.58. The van der Waals surface area contributed by atoms with E-state index >= 15 is 0 Å². The van der Waals surface area contributed by atoms with Crippen molar-refractivity contribution in [2.24, 2.45) is 7.05 Å². The Morgan fingerprint density at radius 3 is 2.68 bits per heavy atom. The van der Waals surface area contributed by atoms with Gasteiger partial charge in [-0.05, 0) is 25.0 Å². The summed E-state index contributed by atoms with van der Waals surface area (Å²) in [7, 11) is 1.91. The van der Waals surface area contributed by atoms with Crippen molar-refractivity contribution >= 4 is 17.1 Å². The molecule has 8 heteroatoms. The normalized spacial score (nSPS) is 21.3. The fraction of sp³-hybridized carbons (Fsp3) is 0.400. The molecule has 5 rings (SSSR count). The number of piperazine rings is 1. The first-order valence-corrected chi connectivity index (χ1v) is 9.50. The summed E-state index contributed by atoms with van der Waals surface area (Å²) < 4.78 is 3.71. The Balaban J connectivity index is 1.47. The summed E-state index contributed by atoms with van der Waals surface area (Å²) in [5.74, 6) is -0.0245. The van der Waals surface area contributed by atoms with Gasteiger partial charge in [0.2, 0.25) is 0 Å². The highest BCUT2D eigenvalue weighted by Crippen LogP contribution is 2.35. The zero-order valence-electron chi connectivity index (χ0n) is 15.7. The molecule has 0 spiro atoms. The third-order valence-electron chi connectivity index (χ3n) is 5.85. The Labute approximate surface area is 162 Å². The lowest BCUT2D eigenvalue weighted by atomic mass is 10.1. The van der Waals surface area contributed by atoms with Crippen LogP contribution in [0.2, 0.25) is 0 Å². The van der Waals surface area contributed by atoms with Crippen LogP contribution in [0.3, 0.4) is 0 Å². The van der Waals surface area contributed by atoms with Gasteiger partial charge in [-0.1, -0.05) is 0 Å². The Morgan fingerprint density at radius 1 is 1.21 bits per heavy atom. The number of amides is 1. The average molecular weight is 375 g/mol. The lowest BCUT2D eigenvalue weighted by Gasteiger charge is -2.41. The number of anilines is 1. The van der Waals surface area contributed by atoms with Crippen LogP contribution in [-0.4, -0.2) is 61.9 Å². The molecular weight excluding hydrogens is 354 g/mol. The van der Waals surface area contributed by atoms with E-state index < -0.39 is 0 Å². The molecule has 2 aliphatic heterocycles. The molecule has 3 aromatic heterocycles. The van der Waals surface area contributed by atoms with E-state index in [1.165, 1.54) is 0 Å².